The number of alkyl halides is 3. The van der Waals surface area contributed by atoms with E-state index in [4.69, 9.17) is 4.74 Å². The Bertz CT molecular complexity index is 844. The Morgan fingerprint density at radius 3 is 1.80 bits per heavy atom. The van der Waals surface area contributed by atoms with Crippen molar-refractivity contribution < 1.29 is 23.0 Å². The van der Waals surface area contributed by atoms with E-state index in [0.717, 1.165) is 12.1 Å². The van der Waals surface area contributed by atoms with E-state index in [-0.39, 0.29) is 18.3 Å². The maximum Gasteiger partial charge on any atom is 0.416 e. The van der Waals surface area contributed by atoms with Gasteiger partial charge in [-0.05, 0) is 35.4 Å². The predicted octanol–water partition coefficient (Wildman–Crippen LogP) is 4.87. The highest BCUT2D eigenvalue weighted by molar-refractivity contribution is 5.33. The SMILES string of the molecule is OC(CNCC(c1ccccc1)c1ccccc1)COc1ccc(C(F)(F)F)cc1. The number of rotatable bonds is 9. The Kier molecular flexibility index (Phi) is 7.49. The summed E-state index contributed by atoms with van der Waals surface area (Å²) in [6.45, 7) is 0.919. The molecule has 3 rings (SSSR count). The zero-order chi connectivity index (χ0) is 21.4. The minimum atomic E-state index is -4.38. The number of benzene rings is 3. The van der Waals surface area contributed by atoms with Crippen molar-refractivity contribution >= 4 is 0 Å². The fraction of sp³-hybridized carbons (Fsp3) is 0.250. The molecule has 30 heavy (non-hydrogen) atoms. The van der Waals surface area contributed by atoms with Gasteiger partial charge in [-0.25, -0.2) is 0 Å². The molecule has 0 radical (unpaired) electrons. The van der Waals surface area contributed by atoms with Crippen LogP contribution in [0.2, 0.25) is 0 Å². The summed E-state index contributed by atoms with van der Waals surface area (Å²) in [5, 5.41) is 13.4. The summed E-state index contributed by atoms with van der Waals surface area (Å²) in [5.74, 6) is 0.420. The van der Waals surface area contributed by atoms with Gasteiger partial charge in [0.2, 0.25) is 0 Å². The smallest absolute Gasteiger partial charge is 0.416 e. The fourth-order valence-electron chi connectivity index (χ4n) is 3.18. The highest BCUT2D eigenvalue weighted by Gasteiger charge is 2.30. The van der Waals surface area contributed by atoms with Crippen molar-refractivity contribution in [3.8, 4) is 5.75 Å². The van der Waals surface area contributed by atoms with Crippen molar-refractivity contribution in [3.05, 3.63) is 102 Å². The van der Waals surface area contributed by atoms with E-state index < -0.39 is 17.8 Å². The molecule has 0 aliphatic heterocycles. The molecule has 0 aliphatic rings. The summed E-state index contributed by atoms with van der Waals surface area (Å²) in [6.07, 6.45) is -5.17. The van der Waals surface area contributed by atoms with Gasteiger partial charge in [-0.2, -0.15) is 13.2 Å². The Hall–Kier alpha value is -2.83. The van der Waals surface area contributed by atoms with Gasteiger partial charge in [0.25, 0.3) is 0 Å². The number of ether oxygens (including phenoxy) is 1. The van der Waals surface area contributed by atoms with E-state index in [1.807, 2.05) is 36.4 Å². The summed E-state index contributed by atoms with van der Waals surface area (Å²) < 4.78 is 43.2. The summed E-state index contributed by atoms with van der Waals surface area (Å²) in [7, 11) is 0. The van der Waals surface area contributed by atoms with Crippen molar-refractivity contribution in [3.63, 3.8) is 0 Å². The number of nitrogens with one attached hydrogen (secondary N) is 1. The van der Waals surface area contributed by atoms with E-state index >= 15 is 0 Å². The molecule has 158 valence electrons. The normalized spacial score (nSPS) is 12.7. The average molecular weight is 415 g/mol. The molecule has 3 aromatic carbocycles. The van der Waals surface area contributed by atoms with Crippen LogP contribution in [0.15, 0.2) is 84.9 Å². The number of hydrogen-bond donors (Lipinski definition) is 2. The lowest BCUT2D eigenvalue weighted by atomic mass is 9.91. The van der Waals surface area contributed by atoms with Gasteiger partial charge in [0.15, 0.2) is 0 Å². The van der Waals surface area contributed by atoms with Crippen LogP contribution < -0.4 is 10.1 Å². The van der Waals surface area contributed by atoms with E-state index in [9.17, 15) is 18.3 Å². The van der Waals surface area contributed by atoms with Crippen LogP contribution in [0.1, 0.15) is 22.6 Å². The molecule has 1 atom stereocenters. The molecule has 0 fully saturated rings. The third kappa shape index (κ3) is 6.34. The Morgan fingerprint density at radius 1 is 0.767 bits per heavy atom. The van der Waals surface area contributed by atoms with Gasteiger partial charge >= 0.3 is 6.18 Å². The summed E-state index contributed by atoms with van der Waals surface area (Å²) in [4.78, 5) is 0. The van der Waals surface area contributed by atoms with Gasteiger partial charge in [-0.15, -0.1) is 0 Å². The molecule has 0 heterocycles. The Morgan fingerprint density at radius 2 is 1.30 bits per heavy atom. The van der Waals surface area contributed by atoms with E-state index in [1.165, 1.54) is 23.3 Å². The molecule has 1 unspecified atom stereocenters. The van der Waals surface area contributed by atoms with E-state index in [2.05, 4.69) is 29.6 Å². The second-order valence-electron chi connectivity index (χ2n) is 7.02. The molecule has 0 bridgehead atoms. The number of hydrogen-bond acceptors (Lipinski definition) is 3. The quantitative estimate of drug-likeness (QED) is 0.524. The first-order valence-corrected chi connectivity index (χ1v) is 9.72. The molecule has 0 spiro atoms. The molecule has 3 aromatic rings. The van der Waals surface area contributed by atoms with Gasteiger partial charge in [-0.1, -0.05) is 60.7 Å². The minimum absolute atomic E-state index is 0.0142. The first kappa shape index (κ1) is 21.9. The van der Waals surface area contributed by atoms with Gasteiger partial charge in [0.1, 0.15) is 18.5 Å². The average Bonchev–Trinajstić information content (AvgIpc) is 2.76. The molecule has 0 saturated heterocycles. The van der Waals surface area contributed by atoms with Crippen molar-refractivity contribution in [2.24, 2.45) is 0 Å². The van der Waals surface area contributed by atoms with Gasteiger partial charge in [0, 0.05) is 19.0 Å². The van der Waals surface area contributed by atoms with Crippen molar-refractivity contribution in [1.82, 2.24) is 5.32 Å². The molecule has 0 amide bonds. The molecule has 0 aliphatic carbocycles. The molecule has 6 heteroatoms. The number of aliphatic hydroxyl groups excluding tert-OH is 1. The predicted molar refractivity (Wildman–Crippen MR) is 111 cm³/mol. The van der Waals surface area contributed by atoms with Crippen molar-refractivity contribution in [1.29, 1.82) is 0 Å². The Balaban J connectivity index is 1.50. The maximum atomic E-state index is 12.6. The van der Waals surface area contributed by atoms with Crippen LogP contribution in [0, 0.1) is 0 Å². The summed E-state index contributed by atoms with van der Waals surface area (Å²) in [6, 6.07) is 24.7. The van der Waals surface area contributed by atoms with Crippen LogP contribution in [0.4, 0.5) is 13.2 Å². The first-order valence-electron chi connectivity index (χ1n) is 9.72. The highest BCUT2D eigenvalue weighted by atomic mass is 19.4. The van der Waals surface area contributed by atoms with Crippen LogP contribution in [-0.4, -0.2) is 30.9 Å². The minimum Gasteiger partial charge on any atom is -0.491 e. The maximum absolute atomic E-state index is 12.6. The van der Waals surface area contributed by atoms with E-state index in [1.54, 1.807) is 0 Å². The van der Waals surface area contributed by atoms with Gasteiger partial charge in [-0.3, -0.25) is 0 Å². The molecular formula is C24H24F3NO2. The fourth-order valence-corrected chi connectivity index (χ4v) is 3.18. The van der Waals surface area contributed by atoms with E-state index in [0.29, 0.717) is 13.1 Å². The van der Waals surface area contributed by atoms with Crippen molar-refractivity contribution in [2.75, 3.05) is 19.7 Å². The molecule has 0 saturated carbocycles. The largest absolute Gasteiger partial charge is 0.491 e. The second-order valence-corrected chi connectivity index (χ2v) is 7.02. The Labute approximate surface area is 174 Å². The van der Waals surface area contributed by atoms with Crippen LogP contribution in [0.3, 0.4) is 0 Å². The lowest BCUT2D eigenvalue weighted by molar-refractivity contribution is -0.137. The highest BCUT2D eigenvalue weighted by Crippen LogP contribution is 2.30. The lowest BCUT2D eigenvalue weighted by Gasteiger charge is -2.20. The molecule has 2 N–H and O–H groups in total. The standard InChI is InChI=1S/C24H24F3NO2/c25-24(26,27)20-11-13-22(14-12-20)30-17-21(29)15-28-16-23(18-7-3-1-4-8-18)19-9-5-2-6-10-19/h1-14,21,23,28-29H,15-17H2. The summed E-state index contributed by atoms with van der Waals surface area (Å²) in [5.41, 5.74) is 1.61. The van der Waals surface area contributed by atoms with Crippen molar-refractivity contribution in [2.45, 2.75) is 18.2 Å². The lowest BCUT2D eigenvalue weighted by Crippen LogP contribution is -2.34. The number of aliphatic hydroxyl groups is 1. The zero-order valence-electron chi connectivity index (χ0n) is 16.3. The topological polar surface area (TPSA) is 41.5 Å². The summed E-state index contributed by atoms with van der Waals surface area (Å²) >= 11 is 0. The van der Waals surface area contributed by atoms with Crippen LogP contribution in [-0.2, 0) is 6.18 Å². The third-order valence-corrected chi connectivity index (χ3v) is 4.76. The molecule has 0 aromatic heterocycles. The second kappa shape index (κ2) is 10.3. The van der Waals surface area contributed by atoms with Gasteiger partial charge < -0.3 is 15.2 Å². The first-order chi connectivity index (χ1) is 14.4. The van der Waals surface area contributed by atoms with Crippen LogP contribution in [0.5, 0.6) is 5.75 Å². The third-order valence-electron chi connectivity index (χ3n) is 4.76. The zero-order valence-corrected chi connectivity index (χ0v) is 16.3. The number of halogens is 3. The van der Waals surface area contributed by atoms with Crippen LogP contribution in [0.25, 0.3) is 0 Å². The monoisotopic (exact) mass is 415 g/mol. The molecular weight excluding hydrogens is 391 g/mol. The van der Waals surface area contributed by atoms with Gasteiger partial charge in [0.05, 0.1) is 5.56 Å². The van der Waals surface area contributed by atoms with Crippen LogP contribution >= 0.6 is 0 Å². The molecule has 3 nitrogen and oxygen atoms in total.